The molecule has 20 heavy (non-hydrogen) atoms. The summed E-state index contributed by atoms with van der Waals surface area (Å²) in [6, 6.07) is 10.6. The second-order valence-corrected chi connectivity index (χ2v) is 6.03. The molecule has 0 radical (unpaired) electrons. The Kier molecular flexibility index (Phi) is 5.45. The van der Waals surface area contributed by atoms with E-state index in [4.69, 9.17) is 0 Å². The molecular weight excluding hydrogens is 248 g/mol. The molecule has 110 valence electrons. The summed E-state index contributed by atoms with van der Waals surface area (Å²) in [4.78, 5) is 14.0. The lowest BCUT2D eigenvalue weighted by Gasteiger charge is -2.31. The number of carbonyl (C=O) groups excluding carboxylic acids is 1. The minimum atomic E-state index is 0.108. The van der Waals surface area contributed by atoms with E-state index in [1.54, 1.807) is 0 Å². The minimum Gasteiger partial charge on any atom is -0.338 e. The fourth-order valence-corrected chi connectivity index (χ4v) is 2.83. The zero-order valence-corrected chi connectivity index (χ0v) is 12.6. The second kappa shape index (κ2) is 7.32. The van der Waals surface area contributed by atoms with E-state index in [1.165, 1.54) is 12.0 Å². The molecule has 0 bridgehead atoms. The van der Waals surface area contributed by atoms with Gasteiger partial charge in [0.25, 0.3) is 0 Å². The lowest BCUT2D eigenvalue weighted by Crippen LogP contribution is -2.45. The number of nitrogens with zero attached hydrogens (tertiary/aromatic N) is 1. The SMILES string of the molecule is CC1CCCN(C(=O)NCCC(C)c2ccccc2)C1. The third-order valence-corrected chi connectivity index (χ3v) is 4.17. The molecule has 1 aliphatic heterocycles. The maximum Gasteiger partial charge on any atom is 0.317 e. The first kappa shape index (κ1) is 14.9. The molecule has 1 saturated heterocycles. The van der Waals surface area contributed by atoms with Gasteiger partial charge in [-0.25, -0.2) is 4.79 Å². The number of rotatable bonds is 4. The largest absolute Gasteiger partial charge is 0.338 e. The summed E-state index contributed by atoms with van der Waals surface area (Å²) in [5.41, 5.74) is 1.34. The molecule has 1 N–H and O–H groups in total. The Labute approximate surface area is 122 Å². The normalized spacial score (nSPS) is 20.5. The van der Waals surface area contributed by atoms with Crippen molar-refractivity contribution in [2.45, 2.75) is 39.0 Å². The molecule has 0 aromatic heterocycles. The van der Waals surface area contributed by atoms with Crippen LogP contribution in [0.5, 0.6) is 0 Å². The third kappa shape index (κ3) is 4.26. The highest BCUT2D eigenvalue weighted by molar-refractivity contribution is 5.74. The quantitative estimate of drug-likeness (QED) is 0.893. The Hall–Kier alpha value is -1.51. The number of hydrogen-bond donors (Lipinski definition) is 1. The topological polar surface area (TPSA) is 32.3 Å². The number of piperidine rings is 1. The van der Waals surface area contributed by atoms with Crippen LogP contribution in [0.3, 0.4) is 0 Å². The van der Waals surface area contributed by atoms with Crippen LogP contribution in [-0.4, -0.2) is 30.6 Å². The van der Waals surface area contributed by atoms with Gasteiger partial charge < -0.3 is 10.2 Å². The molecule has 2 amide bonds. The molecule has 3 heteroatoms. The maximum atomic E-state index is 12.1. The van der Waals surface area contributed by atoms with E-state index in [-0.39, 0.29) is 6.03 Å². The van der Waals surface area contributed by atoms with Crippen molar-refractivity contribution in [3.63, 3.8) is 0 Å². The van der Waals surface area contributed by atoms with Crippen LogP contribution in [0.1, 0.15) is 44.6 Å². The van der Waals surface area contributed by atoms with Gasteiger partial charge in [-0.05, 0) is 36.7 Å². The molecule has 2 atom stereocenters. The lowest BCUT2D eigenvalue weighted by molar-refractivity contribution is 0.169. The average molecular weight is 274 g/mol. The van der Waals surface area contributed by atoms with Crippen LogP contribution < -0.4 is 5.32 Å². The predicted molar refractivity (Wildman–Crippen MR) is 82.8 cm³/mol. The van der Waals surface area contributed by atoms with Crippen molar-refractivity contribution in [2.75, 3.05) is 19.6 Å². The van der Waals surface area contributed by atoms with Gasteiger partial charge in [-0.1, -0.05) is 44.2 Å². The van der Waals surface area contributed by atoms with E-state index in [0.29, 0.717) is 11.8 Å². The summed E-state index contributed by atoms with van der Waals surface area (Å²) < 4.78 is 0. The lowest BCUT2D eigenvalue weighted by atomic mass is 9.98. The standard InChI is InChI=1S/C17H26N2O/c1-14-7-6-12-19(13-14)17(20)18-11-10-15(2)16-8-4-3-5-9-16/h3-5,8-9,14-15H,6-7,10-13H2,1-2H3,(H,18,20). The predicted octanol–water partition coefficient (Wildman–Crippen LogP) is 3.62. The van der Waals surface area contributed by atoms with Gasteiger partial charge in [0, 0.05) is 19.6 Å². The van der Waals surface area contributed by atoms with Crippen molar-refractivity contribution in [1.29, 1.82) is 0 Å². The molecule has 1 heterocycles. The van der Waals surface area contributed by atoms with Crippen LogP contribution in [-0.2, 0) is 0 Å². The molecule has 0 spiro atoms. The van der Waals surface area contributed by atoms with Crippen LogP contribution in [0.25, 0.3) is 0 Å². The van der Waals surface area contributed by atoms with E-state index in [2.05, 4.69) is 43.4 Å². The molecule has 2 rings (SSSR count). The molecule has 0 aliphatic carbocycles. The number of benzene rings is 1. The van der Waals surface area contributed by atoms with E-state index >= 15 is 0 Å². The monoisotopic (exact) mass is 274 g/mol. The van der Waals surface area contributed by atoms with Crippen LogP contribution in [0, 0.1) is 5.92 Å². The van der Waals surface area contributed by atoms with Crippen LogP contribution in [0.4, 0.5) is 4.79 Å². The first-order valence-electron chi connectivity index (χ1n) is 7.74. The minimum absolute atomic E-state index is 0.108. The summed E-state index contributed by atoms with van der Waals surface area (Å²) in [5, 5.41) is 3.06. The van der Waals surface area contributed by atoms with Crippen molar-refractivity contribution in [1.82, 2.24) is 10.2 Å². The smallest absolute Gasteiger partial charge is 0.317 e. The molecule has 1 aromatic rings. The molecular formula is C17H26N2O. The van der Waals surface area contributed by atoms with Crippen LogP contribution in [0.2, 0.25) is 0 Å². The number of likely N-dealkylation sites (tertiary alicyclic amines) is 1. The van der Waals surface area contributed by atoms with Gasteiger partial charge in [0.05, 0.1) is 0 Å². The Morgan fingerprint density at radius 1 is 1.40 bits per heavy atom. The van der Waals surface area contributed by atoms with Crippen LogP contribution in [0.15, 0.2) is 30.3 Å². The molecule has 2 unspecified atom stereocenters. The highest BCUT2D eigenvalue weighted by Crippen LogP contribution is 2.18. The maximum absolute atomic E-state index is 12.1. The highest BCUT2D eigenvalue weighted by atomic mass is 16.2. The van der Waals surface area contributed by atoms with E-state index < -0.39 is 0 Å². The van der Waals surface area contributed by atoms with Crippen LogP contribution >= 0.6 is 0 Å². The highest BCUT2D eigenvalue weighted by Gasteiger charge is 2.20. The van der Waals surface area contributed by atoms with Crippen molar-refractivity contribution in [2.24, 2.45) is 5.92 Å². The van der Waals surface area contributed by atoms with Gasteiger partial charge in [0.15, 0.2) is 0 Å². The fraction of sp³-hybridized carbons (Fsp3) is 0.588. The third-order valence-electron chi connectivity index (χ3n) is 4.17. The fourth-order valence-electron chi connectivity index (χ4n) is 2.83. The first-order valence-corrected chi connectivity index (χ1v) is 7.74. The number of amides is 2. The van der Waals surface area contributed by atoms with Crippen molar-refractivity contribution in [3.05, 3.63) is 35.9 Å². The number of carbonyl (C=O) groups is 1. The Morgan fingerprint density at radius 2 is 2.15 bits per heavy atom. The van der Waals surface area contributed by atoms with Crippen molar-refractivity contribution in [3.8, 4) is 0 Å². The summed E-state index contributed by atoms with van der Waals surface area (Å²) >= 11 is 0. The van der Waals surface area contributed by atoms with Gasteiger partial charge in [0.2, 0.25) is 0 Å². The summed E-state index contributed by atoms with van der Waals surface area (Å²) in [6.45, 7) is 6.99. The molecule has 1 aromatic carbocycles. The van der Waals surface area contributed by atoms with Crippen molar-refractivity contribution >= 4 is 6.03 Å². The number of nitrogens with one attached hydrogen (secondary N) is 1. The van der Waals surface area contributed by atoms with Gasteiger partial charge >= 0.3 is 6.03 Å². The Morgan fingerprint density at radius 3 is 2.85 bits per heavy atom. The second-order valence-electron chi connectivity index (χ2n) is 6.03. The molecule has 0 saturated carbocycles. The van der Waals surface area contributed by atoms with Crippen molar-refractivity contribution < 1.29 is 4.79 Å². The van der Waals surface area contributed by atoms with E-state index in [9.17, 15) is 4.79 Å². The average Bonchev–Trinajstić information content (AvgIpc) is 2.48. The zero-order chi connectivity index (χ0) is 14.4. The summed E-state index contributed by atoms with van der Waals surface area (Å²) in [7, 11) is 0. The summed E-state index contributed by atoms with van der Waals surface area (Å²) in [5.74, 6) is 1.12. The molecule has 1 fully saturated rings. The summed E-state index contributed by atoms with van der Waals surface area (Å²) in [6.07, 6.45) is 3.36. The molecule has 3 nitrogen and oxygen atoms in total. The van der Waals surface area contributed by atoms with Gasteiger partial charge in [-0.3, -0.25) is 0 Å². The molecule has 1 aliphatic rings. The number of hydrogen-bond acceptors (Lipinski definition) is 1. The van der Waals surface area contributed by atoms with Gasteiger partial charge in [-0.2, -0.15) is 0 Å². The number of urea groups is 1. The Balaban J connectivity index is 1.71. The van der Waals surface area contributed by atoms with E-state index in [1.807, 2.05) is 11.0 Å². The zero-order valence-electron chi connectivity index (χ0n) is 12.6. The first-order chi connectivity index (χ1) is 9.66. The Bertz CT molecular complexity index is 418. The van der Waals surface area contributed by atoms with E-state index in [0.717, 1.165) is 32.5 Å². The van der Waals surface area contributed by atoms with Gasteiger partial charge in [0.1, 0.15) is 0 Å². The van der Waals surface area contributed by atoms with Gasteiger partial charge in [-0.15, -0.1) is 0 Å².